The number of halogens is 1. The zero-order valence-electron chi connectivity index (χ0n) is 9.06. The molecular formula is C13H11BrN2O. The lowest BCUT2D eigenvalue weighted by atomic mass is 10.1. The van der Waals surface area contributed by atoms with Crippen LogP contribution < -0.4 is 5.73 Å². The SMILES string of the molecule is NC(=O)c1ccnc(Cc2ccccc2)c1Br. The van der Waals surface area contributed by atoms with Gasteiger partial charge in [-0.1, -0.05) is 30.3 Å². The molecule has 2 N–H and O–H groups in total. The molecule has 2 aromatic rings. The number of aromatic nitrogens is 1. The van der Waals surface area contributed by atoms with Crippen LogP contribution in [0, 0.1) is 0 Å². The first kappa shape index (κ1) is 11.8. The summed E-state index contributed by atoms with van der Waals surface area (Å²) in [6.45, 7) is 0. The normalized spacial score (nSPS) is 10.2. The zero-order chi connectivity index (χ0) is 12.3. The first-order chi connectivity index (χ1) is 8.18. The van der Waals surface area contributed by atoms with Crippen molar-refractivity contribution in [3.05, 3.63) is 63.9 Å². The molecule has 0 radical (unpaired) electrons. The van der Waals surface area contributed by atoms with E-state index in [4.69, 9.17) is 5.73 Å². The van der Waals surface area contributed by atoms with Gasteiger partial charge in [0.2, 0.25) is 5.91 Å². The van der Waals surface area contributed by atoms with Crippen LogP contribution in [0.1, 0.15) is 21.6 Å². The maximum absolute atomic E-state index is 11.2. The van der Waals surface area contributed by atoms with Crippen LogP contribution in [-0.2, 0) is 6.42 Å². The number of benzene rings is 1. The summed E-state index contributed by atoms with van der Waals surface area (Å²) in [6, 6.07) is 11.6. The van der Waals surface area contributed by atoms with Gasteiger partial charge in [0.1, 0.15) is 0 Å². The third-order valence-corrected chi connectivity index (χ3v) is 3.33. The van der Waals surface area contributed by atoms with Crippen LogP contribution in [0.5, 0.6) is 0 Å². The molecule has 4 heteroatoms. The molecule has 0 unspecified atom stereocenters. The van der Waals surface area contributed by atoms with E-state index in [9.17, 15) is 4.79 Å². The van der Waals surface area contributed by atoms with Gasteiger partial charge in [0.05, 0.1) is 15.7 Å². The highest BCUT2D eigenvalue weighted by atomic mass is 79.9. The Hall–Kier alpha value is -1.68. The highest BCUT2D eigenvalue weighted by Crippen LogP contribution is 2.21. The van der Waals surface area contributed by atoms with Crippen molar-refractivity contribution in [2.75, 3.05) is 0 Å². The smallest absolute Gasteiger partial charge is 0.249 e. The van der Waals surface area contributed by atoms with E-state index in [1.807, 2.05) is 30.3 Å². The average Bonchev–Trinajstić information content (AvgIpc) is 2.33. The average molecular weight is 291 g/mol. The van der Waals surface area contributed by atoms with Gasteiger partial charge >= 0.3 is 0 Å². The molecule has 0 fully saturated rings. The maximum Gasteiger partial charge on any atom is 0.249 e. The zero-order valence-corrected chi connectivity index (χ0v) is 10.6. The van der Waals surface area contributed by atoms with Crippen LogP contribution in [-0.4, -0.2) is 10.9 Å². The molecule has 0 aliphatic rings. The molecular weight excluding hydrogens is 280 g/mol. The number of hydrogen-bond acceptors (Lipinski definition) is 2. The molecule has 17 heavy (non-hydrogen) atoms. The van der Waals surface area contributed by atoms with Crippen LogP contribution in [0.15, 0.2) is 47.1 Å². The van der Waals surface area contributed by atoms with Crippen molar-refractivity contribution in [2.24, 2.45) is 5.73 Å². The van der Waals surface area contributed by atoms with Crippen molar-refractivity contribution in [3.8, 4) is 0 Å². The number of carbonyl (C=O) groups is 1. The van der Waals surface area contributed by atoms with E-state index in [-0.39, 0.29) is 0 Å². The van der Waals surface area contributed by atoms with Crippen LogP contribution in [0.4, 0.5) is 0 Å². The first-order valence-corrected chi connectivity index (χ1v) is 5.95. The summed E-state index contributed by atoms with van der Waals surface area (Å²) in [5.74, 6) is -0.450. The van der Waals surface area contributed by atoms with E-state index in [2.05, 4.69) is 20.9 Å². The minimum Gasteiger partial charge on any atom is -0.366 e. The van der Waals surface area contributed by atoms with E-state index >= 15 is 0 Å². The second-order valence-electron chi connectivity index (χ2n) is 3.65. The summed E-state index contributed by atoms with van der Waals surface area (Å²) in [5, 5.41) is 0. The van der Waals surface area contributed by atoms with E-state index in [1.165, 1.54) is 0 Å². The summed E-state index contributed by atoms with van der Waals surface area (Å²) in [5.41, 5.74) is 7.70. The summed E-state index contributed by atoms with van der Waals surface area (Å²) >= 11 is 3.38. The predicted octanol–water partition coefficient (Wildman–Crippen LogP) is 2.53. The Kier molecular flexibility index (Phi) is 3.54. The van der Waals surface area contributed by atoms with E-state index in [1.54, 1.807) is 12.3 Å². The Morgan fingerprint density at radius 2 is 1.94 bits per heavy atom. The molecule has 1 amide bonds. The molecule has 0 bridgehead atoms. The number of hydrogen-bond donors (Lipinski definition) is 1. The van der Waals surface area contributed by atoms with Crippen molar-refractivity contribution < 1.29 is 4.79 Å². The third kappa shape index (κ3) is 2.71. The predicted molar refractivity (Wildman–Crippen MR) is 69.7 cm³/mol. The highest BCUT2D eigenvalue weighted by Gasteiger charge is 2.11. The molecule has 2 rings (SSSR count). The van der Waals surface area contributed by atoms with E-state index in [0.717, 1.165) is 11.3 Å². The molecule has 1 aromatic heterocycles. The number of rotatable bonds is 3. The third-order valence-electron chi connectivity index (χ3n) is 2.44. The summed E-state index contributed by atoms with van der Waals surface area (Å²) < 4.78 is 0.677. The van der Waals surface area contributed by atoms with Gasteiger partial charge in [-0.25, -0.2) is 0 Å². The van der Waals surface area contributed by atoms with Gasteiger partial charge in [0.15, 0.2) is 0 Å². The molecule has 0 saturated carbocycles. The molecule has 86 valence electrons. The van der Waals surface area contributed by atoms with Crippen molar-refractivity contribution in [3.63, 3.8) is 0 Å². The molecule has 1 aromatic carbocycles. The fraction of sp³-hybridized carbons (Fsp3) is 0.0769. The lowest BCUT2D eigenvalue weighted by molar-refractivity contribution is 0.0999. The lowest BCUT2D eigenvalue weighted by Crippen LogP contribution is -2.13. The Bertz CT molecular complexity index is 540. The standard InChI is InChI=1S/C13H11BrN2O/c14-12-10(13(15)17)6-7-16-11(12)8-9-4-2-1-3-5-9/h1-7H,8H2,(H2,15,17). The van der Waals surface area contributed by atoms with Crippen LogP contribution >= 0.6 is 15.9 Å². The van der Waals surface area contributed by atoms with Crippen LogP contribution in [0.3, 0.4) is 0 Å². The first-order valence-electron chi connectivity index (χ1n) is 5.15. The molecule has 0 saturated heterocycles. The quantitative estimate of drug-likeness (QED) is 0.944. The number of nitrogens with two attached hydrogens (primary N) is 1. The Labute approximate surface area is 108 Å². The second kappa shape index (κ2) is 5.10. The number of primary amides is 1. The number of pyridine rings is 1. The van der Waals surface area contributed by atoms with Crippen LogP contribution in [0.2, 0.25) is 0 Å². The maximum atomic E-state index is 11.2. The van der Waals surface area contributed by atoms with Gasteiger partial charge < -0.3 is 5.73 Å². The van der Waals surface area contributed by atoms with Gasteiger partial charge in [0, 0.05) is 12.6 Å². The van der Waals surface area contributed by atoms with Gasteiger partial charge in [-0.2, -0.15) is 0 Å². The number of nitrogens with zero attached hydrogens (tertiary/aromatic N) is 1. The number of carbonyl (C=O) groups excluding carboxylic acids is 1. The van der Waals surface area contributed by atoms with E-state index < -0.39 is 5.91 Å². The Balaban J connectivity index is 2.34. The van der Waals surface area contributed by atoms with Gasteiger partial charge in [-0.3, -0.25) is 9.78 Å². The van der Waals surface area contributed by atoms with Gasteiger partial charge in [0.25, 0.3) is 0 Å². The molecule has 0 atom stereocenters. The summed E-state index contributed by atoms with van der Waals surface area (Å²) in [6.07, 6.45) is 2.27. The largest absolute Gasteiger partial charge is 0.366 e. The molecule has 0 aliphatic carbocycles. The molecule has 0 spiro atoms. The van der Waals surface area contributed by atoms with Crippen molar-refractivity contribution in [2.45, 2.75) is 6.42 Å². The topological polar surface area (TPSA) is 56.0 Å². The molecule has 1 heterocycles. The summed E-state index contributed by atoms with van der Waals surface area (Å²) in [7, 11) is 0. The molecule has 3 nitrogen and oxygen atoms in total. The van der Waals surface area contributed by atoms with E-state index in [0.29, 0.717) is 16.5 Å². The highest BCUT2D eigenvalue weighted by molar-refractivity contribution is 9.10. The van der Waals surface area contributed by atoms with Crippen molar-refractivity contribution in [1.82, 2.24) is 4.98 Å². The fourth-order valence-electron chi connectivity index (χ4n) is 1.59. The van der Waals surface area contributed by atoms with Gasteiger partial charge in [-0.15, -0.1) is 0 Å². The second-order valence-corrected chi connectivity index (χ2v) is 4.44. The Morgan fingerprint density at radius 3 is 2.59 bits per heavy atom. The van der Waals surface area contributed by atoms with Gasteiger partial charge in [-0.05, 0) is 27.6 Å². The minimum atomic E-state index is -0.450. The van der Waals surface area contributed by atoms with Crippen molar-refractivity contribution in [1.29, 1.82) is 0 Å². The summed E-state index contributed by atoms with van der Waals surface area (Å²) in [4.78, 5) is 15.5. The molecule has 0 aliphatic heterocycles. The number of amides is 1. The minimum absolute atomic E-state index is 0.450. The van der Waals surface area contributed by atoms with Crippen LogP contribution in [0.25, 0.3) is 0 Å². The lowest BCUT2D eigenvalue weighted by Gasteiger charge is -2.06. The Morgan fingerprint density at radius 1 is 1.24 bits per heavy atom. The monoisotopic (exact) mass is 290 g/mol. The van der Waals surface area contributed by atoms with Crippen molar-refractivity contribution >= 4 is 21.8 Å². The fourth-order valence-corrected chi connectivity index (χ4v) is 2.16.